The predicted molar refractivity (Wildman–Crippen MR) is 85.1 cm³/mol. The first-order chi connectivity index (χ1) is 10.6. The lowest BCUT2D eigenvalue weighted by Crippen LogP contribution is -2.42. The van der Waals surface area contributed by atoms with E-state index in [4.69, 9.17) is 9.47 Å². The zero-order chi connectivity index (χ0) is 15.5. The summed E-state index contributed by atoms with van der Waals surface area (Å²) in [6, 6.07) is 8.43. The number of benzene rings is 1. The topological polar surface area (TPSA) is 38.8 Å². The number of amides is 1. The molecule has 2 aliphatic heterocycles. The monoisotopic (exact) mass is 303 g/mol. The predicted octanol–water partition coefficient (Wildman–Crippen LogP) is 2.97. The van der Waals surface area contributed by atoms with Gasteiger partial charge in [-0.3, -0.25) is 4.79 Å². The minimum absolute atomic E-state index is 0.139. The Kier molecular flexibility index (Phi) is 4.67. The Morgan fingerprint density at radius 2 is 1.82 bits per heavy atom. The van der Waals surface area contributed by atoms with Crippen molar-refractivity contribution in [2.75, 3.05) is 19.8 Å². The van der Waals surface area contributed by atoms with Gasteiger partial charge in [0, 0.05) is 32.2 Å². The van der Waals surface area contributed by atoms with Gasteiger partial charge in [0.15, 0.2) is 6.10 Å². The minimum Gasteiger partial charge on any atom is -0.481 e. The van der Waals surface area contributed by atoms with Crippen LogP contribution in [0.25, 0.3) is 0 Å². The lowest BCUT2D eigenvalue weighted by Gasteiger charge is -2.31. The lowest BCUT2D eigenvalue weighted by molar-refractivity contribution is -0.136. The summed E-state index contributed by atoms with van der Waals surface area (Å²) in [5.41, 5.74) is 1.29. The summed E-state index contributed by atoms with van der Waals surface area (Å²) in [6.45, 7) is 6.66. The lowest BCUT2D eigenvalue weighted by atomic mass is 10.0. The Morgan fingerprint density at radius 3 is 2.45 bits per heavy atom. The highest BCUT2D eigenvalue weighted by Crippen LogP contribution is 2.25. The van der Waals surface area contributed by atoms with Crippen molar-refractivity contribution in [1.82, 2.24) is 4.90 Å². The van der Waals surface area contributed by atoms with Crippen LogP contribution in [0.1, 0.15) is 44.6 Å². The Bertz CT molecular complexity index is 506. The molecule has 0 radical (unpaired) electrons. The van der Waals surface area contributed by atoms with Gasteiger partial charge in [0.1, 0.15) is 5.75 Å². The highest BCUT2D eigenvalue weighted by atomic mass is 16.5. The van der Waals surface area contributed by atoms with Crippen LogP contribution in [0.3, 0.4) is 0 Å². The van der Waals surface area contributed by atoms with Gasteiger partial charge >= 0.3 is 0 Å². The Labute approximate surface area is 132 Å². The summed E-state index contributed by atoms with van der Waals surface area (Å²) in [6.07, 6.45) is 2.35. The molecule has 120 valence electrons. The van der Waals surface area contributed by atoms with E-state index in [1.54, 1.807) is 0 Å². The van der Waals surface area contributed by atoms with Crippen molar-refractivity contribution < 1.29 is 14.3 Å². The van der Waals surface area contributed by atoms with Crippen LogP contribution >= 0.6 is 0 Å². The van der Waals surface area contributed by atoms with Gasteiger partial charge < -0.3 is 14.4 Å². The second-order valence-corrected chi connectivity index (χ2v) is 6.49. The van der Waals surface area contributed by atoms with Crippen molar-refractivity contribution in [3.63, 3.8) is 0 Å². The maximum Gasteiger partial charge on any atom is 0.263 e. The standard InChI is InChI=1S/C18H25NO3/c1-13(2)14-3-5-16(6-4-14)22-17-7-10-19(18(17)20)15-8-11-21-12-9-15/h3-6,13,15,17H,7-12H2,1-2H3/t17-/m0/s1. The summed E-state index contributed by atoms with van der Waals surface area (Å²) in [5.74, 6) is 1.43. The fourth-order valence-corrected chi connectivity index (χ4v) is 3.24. The Morgan fingerprint density at radius 1 is 1.14 bits per heavy atom. The first-order valence-electron chi connectivity index (χ1n) is 8.30. The van der Waals surface area contributed by atoms with E-state index in [0.29, 0.717) is 12.0 Å². The van der Waals surface area contributed by atoms with E-state index < -0.39 is 0 Å². The van der Waals surface area contributed by atoms with Crippen LogP contribution in [-0.2, 0) is 9.53 Å². The smallest absolute Gasteiger partial charge is 0.263 e. The third-order valence-electron chi connectivity index (χ3n) is 4.65. The van der Waals surface area contributed by atoms with E-state index >= 15 is 0 Å². The Balaban J connectivity index is 1.60. The van der Waals surface area contributed by atoms with Gasteiger partial charge in [-0.2, -0.15) is 0 Å². The quantitative estimate of drug-likeness (QED) is 0.858. The molecule has 1 aromatic rings. The molecule has 4 nitrogen and oxygen atoms in total. The van der Waals surface area contributed by atoms with Crippen LogP contribution in [0.15, 0.2) is 24.3 Å². The number of ether oxygens (including phenoxy) is 2. The summed E-state index contributed by atoms with van der Waals surface area (Å²) in [5, 5.41) is 0. The van der Waals surface area contributed by atoms with Crippen molar-refractivity contribution in [2.24, 2.45) is 0 Å². The normalized spacial score (nSPS) is 23.3. The third kappa shape index (κ3) is 3.27. The third-order valence-corrected chi connectivity index (χ3v) is 4.65. The number of carbonyl (C=O) groups excluding carboxylic acids is 1. The number of rotatable bonds is 4. The van der Waals surface area contributed by atoms with Gasteiger partial charge in [0.05, 0.1) is 0 Å². The number of nitrogens with zero attached hydrogens (tertiary/aromatic N) is 1. The summed E-state index contributed by atoms with van der Waals surface area (Å²) >= 11 is 0. The molecule has 2 saturated heterocycles. The van der Waals surface area contributed by atoms with E-state index in [0.717, 1.165) is 44.8 Å². The number of carbonyl (C=O) groups is 1. The zero-order valence-electron chi connectivity index (χ0n) is 13.5. The van der Waals surface area contributed by atoms with Crippen molar-refractivity contribution in [2.45, 2.75) is 51.2 Å². The van der Waals surface area contributed by atoms with Gasteiger partial charge in [0.25, 0.3) is 5.91 Å². The Hall–Kier alpha value is -1.55. The van der Waals surface area contributed by atoms with E-state index in [-0.39, 0.29) is 12.0 Å². The molecule has 1 amide bonds. The summed E-state index contributed by atoms with van der Waals surface area (Å²) in [7, 11) is 0. The summed E-state index contributed by atoms with van der Waals surface area (Å²) in [4.78, 5) is 14.5. The fraction of sp³-hybridized carbons (Fsp3) is 0.611. The van der Waals surface area contributed by atoms with Crippen molar-refractivity contribution in [1.29, 1.82) is 0 Å². The van der Waals surface area contributed by atoms with Gasteiger partial charge in [-0.05, 0) is 36.5 Å². The van der Waals surface area contributed by atoms with Crippen LogP contribution in [0.2, 0.25) is 0 Å². The van der Waals surface area contributed by atoms with Gasteiger partial charge in [-0.1, -0.05) is 26.0 Å². The highest BCUT2D eigenvalue weighted by molar-refractivity contribution is 5.83. The van der Waals surface area contributed by atoms with Crippen LogP contribution in [0, 0.1) is 0 Å². The van der Waals surface area contributed by atoms with Crippen molar-refractivity contribution in [3.8, 4) is 5.75 Å². The molecule has 2 aliphatic rings. The van der Waals surface area contributed by atoms with Crippen LogP contribution in [0.4, 0.5) is 0 Å². The molecule has 0 unspecified atom stereocenters. The molecule has 1 atom stereocenters. The molecule has 0 aliphatic carbocycles. The molecule has 22 heavy (non-hydrogen) atoms. The van der Waals surface area contributed by atoms with Crippen LogP contribution in [0.5, 0.6) is 5.75 Å². The molecule has 4 heteroatoms. The average molecular weight is 303 g/mol. The van der Waals surface area contributed by atoms with Gasteiger partial charge in [-0.25, -0.2) is 0 Å². The molecule has 0 N–H and O–H groups in total. The molecular weight excluding hydrogens is 278 g/mol. The largest absolute Gasteiger partial charge is 0.481 e. The first-order valence-corrected chi connectivity index (χ1v) is 8.30. The van der Waals surface area contributed by atoms with Crippen LogP contribution < -0.4 is 4.74 Å². The second kappa shape index (κ2) is 6.69. The van der Waals surface area contributed by atoms with Gasteiger partial charge in [-0.15, -0.1) is 0 Å². The van der Waals surface area contributed by atoms with E-state index in [1.807, 2.05) is 17.0 Å². The number of hydrogen-bond acceptors (Lipinski definition) is 3. The molecule has 3 rings (SSSR count). The van der Waals surface area contributed by atoms with Crippen molar-refractivity contribution >= 4 is 5.91 Å². The molecule has 0 spiro atoms. The minimum atomic E-state index is -0.326. The van der Waals surface area contributed by atoms with E-state index in [1.165, 1.54) is 5.56 Å². The van der Waals surface area contributed by atoms with Crippen LogP contribution in [-0.4, -0.2) is 42.7 Å². The molecule has 0 saturated carbocycles. The van der Waals surface area contributed by atoms with Gasteiger partial charge in [0.2, 0.25) is 0 Å². The maximum absolute atomic E-state index is 12.5. The fourth-order valence-electron chi connectivity index (χ4n) is 3.24. The highest BCUT2D eigenvalue weighted by Gasteiger charge is 2.37. The summed E-state index contributed by atoms with van der Waals surface area (Å²) < 4.78 is 11.3. The zero-order valence-corrected chi connectivity index (χ0v) is 13.5. The molecule has 2 heterocycles. The average Bonchev–Trinajstić information content (AvgIpc) is 2.90. The number of likely N-dealkylation sites (tertiary alicyclic amines) is 1. The second-order valence-electron chi connectivity index (χ2n) is 6.49. The van der Waals surface area contributed by atoms with E-state index in [2.05, 4.69) is 26.0 Å². The first kappa shape index (κ1) is 15.3. The molecule has 1 aromatic carbocycles. The van der Waals surface area contributed by atoms with Crippen molar-refractivity contribution in [3.05, 3.63) is 29.8 Å². The van der Waals surface area contributed by atoms with E-state index in [9.17, 15) is 4.79 Å². The molecule has 0 bridgehead atoms. The molecule has 0 aromatic heterocycles. The molecular formula is C18H25NO3. The molecule has 2 fully saturated rings. The number of hydrogen-bond donors (Lipinski definition) is 0. The maximum atomic E-state index is 12.5. The SMILES string of the molecule is CC(C)c1ccc(O[C@H]2CCN(C3CCOCC3)C2=O)cc1.